The Morgan fingerprint density at radius 3 is 2.55 bits per heavy atom. The molecule has 0 saturated heterocycles. The van der Waals surface area contributed by atoms with Gasteiger partial charge in [0.25, 0.3) is 0 Å². The van der Waals surface area contributed by atoms with Crippen molar-refractivity contribution in [1.82, 2.24) is 9.97 Å². The number of benzene rings is 1. The minimum atomic E-state index is 0.466. The van der Waals surface area contributed by atoms with Crippen molar-refractivity contribution in [3.63, 3.8) is 0 Å². The first kappa shape index (κ1) is 14.1. The molecular weight excluding hydrogens is 254 g/mol. The predicted octanol–water partition coefficient (Wildman–Crippen LogP) is 1.72. The van der Waals surface area contributed by atoms with Gasteiger partial charge in [-0.2, -0.15) is 0 Å². The number of rotatable bonds is 5. The highest BCUT2D eigenvalue weighted by Gasteiger charge is 2.15. The number of nitrogens with zero attached hydrogens (tertiary/aromatic N) is 3. The summed E-state index contributed by atoms with van der Waals surface area (Å²) in [6.07, 6.45) is 1.46. The van der Waals surface area contributed by atoms with Crippen LogP contribution in [0.2, 0.25) is 0 Å². The molecule has 0 atom stereocenters. The third-order valence-corrected chi connectivity index (χ3v) is 3.03. The van der Waals surface area contributed by atoms with E-state index in [0.717, 1.165) is 6.54 Å². The lowest BCUT2D eigenvalue weighted by Crippen LogP contribution is -2.20. The molecule has 0 bridgehead atoms. The zero-order valence-corrected chi connectivity index (χ0v) is 11.9. The fourth-order valence-electron chi connectivity index (χ4n) is 1.97. The fraction of sp³-hybridized carbons (Fsp3) is 0.286. The lowest BCUT2D eigenvalue weighted by atomic mass is 10.1. The molecule has 1 heterocycles. The van der Waals surface area contributed by atoms with Crippen molar-refractivity contribution in [3.8, 4) is 5.75 Å². The second-order valence-corrected chi connectivity index (χ2v) is 4.57. The average molecular weight is 273 g/mol. The van der Waals surface area contributed by atoms with Crippen LogP contribution in [-0.2, 0) is 6.54 Å². The molecule has 6 heteroatoms. The minimum Gasteiger partial charge on any atom is -0.490 e. The monoisotopic (exact) mass is 273 g/mol. The van der Waals surface area contributed by atoms with Gasteiger partial charge in [-0.1, -0.05) is 29.8 Å². The number of aryl methyl sites for hydroxylation is 1. The smallest absolute Gasteiger partial charge is 0.205 e. The molecule has 1 aromatic carbocycles. The van der Waals surface area contributed by atoms with Crippen molar-refractivity contribution in [2.75, 3.05) is 24.5 Å². The molecule has 0 aliphatic rings. The van der Waals surface area contributed by atoms with E-state index in [-0.39, 0.29) is 0 Å². The average Bonchev–Trinajstić information content (AvgIpc) is 2.48. The van der Waals surface area contributed by atoms with E-state index in [9.17, 15) is 0 Å². The first-order valence-corrected chi connectivity index (χ1v) is 6.28. The first-order chi connectivity index (χ1) is 9.65. The number of methoxy groups -OCH3 is 1. The van der Waals surface area contributed by atoms with Crippen LogP contribution < -0.4 is 20.9 Å². The van der Waals surface area contributed by atoms with E-state index >= 15 is 0 Å². The third-order valence-electron chi connectivity index (χ3n) is 3.03. The number of aromatic nitrogens is 2. The van der Waals surface area contributed by atoms with Gasteiger partial charge in [0, 0.05) is 13.6 Å². The summed E-state index contributed by atoms with van der Waals surface area (Å²) in [5.74, 6) is 7.11. The third kappa shape index (κ3) is 2.97. The second kappa shape index (κ2) is 6.21. The molecule has 0 unspecified atom stereocenters. The van der Waals surface area contributed by atoms with Gasteiger partial charge in [0.05, 0.1) is 7.11 Å². The molecule has 20 heavy (non-hydrogen) atoms. The van der Waals surface area contributed by atoms with Gasteiger partial charge in [-0.25, -0.2) is 15.8 Å². The summed E-state index contributed by atoms with van der Waals surface area (Å²) < 4.78 is 5.34. The van der Waals surface area contributed by atoms with Crippen molar-refractivity contribution < 1.29 is 4.74 Å². The molecule has 0 fully saturated rings. The van der Waals surface area contributed by atoms with Crippen LogP contribution in [0, 0.1) is 6.92 Å². The van der Waals surface area contributed by atoms with Gasteiger partial charge in [0.1, 0.15) is 6.33 Å². The van der Waals surface area contributed by atoms with Gasteiger partial charge in [-0.05, 0) is 12.5 Å². The number of hydrazine groups is 1. The highest BCUT2D eigenvalue weighted by molar-refractivity contribution is 5.64. The van der Waals surface area contributed by atoms with E-state index in [2.05, 4.69) is 46.6 Å². The van der Waals surface area contributed by atoms with Crippen molar-refractivity contribution in [2.24, 2.45) is 5.84 Å². The van der Waals surface area contributed by atoms with Crippen LogP contribution in [0.3, 0.4) is 0 Å². The zero-order chi connectivity index (χ0) is 14.5. The molecule has 106 valence electrons. The topological polar surface area (TPSA) is 76.3 Å². The maximum absolute atomic E-state index is 5.43. The van der Waals surface area contributed by atoms with E-state index in [1.807, 2.05) is 11.9 Å². The molecule has 0 spiro atoms. The van der Waals surface area contributed by atoms with Crippen molar-refractivity contribution in [2.45, 2.75) is 13.5 Å². The Balaban J connectivity index is 2.24. The number of hydrogen-bond acceptors (Lipinski definition) is 6. The summed E-state index contributed by atoms with van der Waals surface area (Å²) in [4.78, 5) is 10.3. The SMILES string of the molecule is COc1c(NN)ncnc1N(C)Cc1ccc(C)cc1. The van der Waals surface area contributed by atoms with Crippen molar-refractivity contribution in [3.05, 3.63) is 41.7 Å². The van der Waals surface area contributed by atoms with Gasteiger partial charge < -0.3 is 15.1 Å². The van der Waals surface area contributed by atoms with Crippen LogP contribution in [0.25, 0.3) is 0 Å². The molecule has 3 N–H and O–H groups in total. The quantitative estimate of drug-likeness (QED) is 0.638. The molecule has 2 aromatic rings. The van der Waals surface area contributed by atoms with Crippen molar-refractivity contribution in [1.29, 1.82) is 0 Å². The number of ether oxygens (including phenoxy) is 1. The molecule has 0 amide bonds. The van der Waals surface area contributed by atoms with Crippen LogP contribution in [0.4, 0.5) is 11.6 Å². The Kier molecular flexibility index (Phi) is 4.37. The molecule has 0 aliphatic carbocycles. The summed E-state index contributed by atoms with van der Waals surface area (Å²) >= 11 is 0. The Labute approximate surface area is 118 Å². The number of nitrogen functional groups attached to an aromatic ring is 1. The minimum absolute atomic E-state index is 0.466. The molecular formula is C14H19N5O. The lowest BCUT2D eigenvalue weighted by Gasteiger charge is -2.21. The molecule has 1 aromatic heterocycles. The van der Waals surface area contributed by atoms with Gasteiger partial charge in [0.15, 0.2) is 11.6 Å². The maximum Gasteiger partial charge on any atom is 0.205 e. The molecule has 0 saturated carbocycles. The van der Waals surface area contributed by atoms with Crippen LogP contribution in [-0.4, -0.2) is 24.1 Å². The van der Waals surface area contributed by atoms with Gasteiger partial charge in [0.2, 0.25) is 5.75 Å². The highest BCUT2D eigenvalue weighted by Crippen LogP contribution is 2.31. The van der Waals surface area contributed by atoms with Crippen LogP contribution in [0.5, 0.6) is 5.75 Å². The summed E-state index contributed by atoms with van der Waals surface area (Å²) in [7, 11) is 3.52. The Hall–Kier alpha value is -2.34. The van der Waals surface area contributed by atoms with E-state index in [0.29, 0.717) is 17.4 Å². The fourth-order valence-corrected chi connectivity index (χ4v) is 1.97. The van der Waals surface area contributed by atoms with E-state index < -0.39 is 0 Å². The standard InChI is InChI=1S/C14H19N5O/c1-10-4-6-11(7-5-10)8-19(2)14-12(20-3)13(18-15)16-9-17-14/h4-7,9H,8,15H2,1-3H3,(H,16,17,18). The largest absolute Gasteiger partial charge is 0.490 e. The van der Waals surface area contributed by atoms with Gasteiger partial charge in [-0.15, -0.1) is 0 Å². The second-order valence-electron chi connectivity index (χ2n) is 4.57. The number of anilines is 2. The predicted molar refractivity (Wildman–Crippen MR) is 79.7 cm³/mol. The summed E-state index contributed by atoms with van der Waals surface area (Å²) in [5.41, 5.74) is 4.95. The summed E-state index contributed by atoms with van der Waals surface area (Å²) in [5, 5.41) is 0. The van der Waals surface area contributed by atoms with E-state index in [1.54, 1.807) is 7.11 Å². The molecule has 0 radical (unpaired) electrons. The highest BCUT2D eigenvalue weighted by atomic mass is 16.5. The molecule has 0 aliphatic heterocycles. The lowest BCUT2D eigenvalue weighted by molar-refractivity contribution is 0.412. The van der Waals surface area contributed by atoms with E-state index in [1.165, 1.54) is 17.5 Å². The van der Waals surface area contributed by atoms with E-state index in [4.69, 9.17) is 10.6 Å². The molecule has 6 nitrogen and oxygen atoms in total. The van der Waals surface area contributed by atoms with Gasteiger partial charge >= 0.3 is 0 Å². The molecule has 2 rings (SSSR count). The Morgan fingerprint density at radius 2 is 1.95 bits per heavy atom. The summed E-state index contributed by atoms with van der Waals surface area (Å²) in [6, 6.07) is 8.38. The van der Waals surface area contributed by atoms with Crippen molar-refractivity contribution >= 4 is 11.6 Å². The maximum atomic E-state index is 5.43. The normalized spacial score (nSPS) is 10.2. The first-order valence-electron chi connectivity index (χ1n) is 6.28. The number of nitrogens with two attached hydrogens (primary N) is 1. The summed E-state index contributed by atoms with van der Waals surface area (Å²) in [6.45, 7) is 2.79. The Bertz CT molecular complexity index is 570. The van der Waals surface area contributed by atoms with Crippen LogP contribution >= 0.6 is 0 Å². The van der Waals surface area contributed by atoms with Crippen LogP contribution in [0.1, 0.15) is 11.1 Å². The zero-order valence-electron chi connectivity index (χ0n) is 11.9. The Morgan fingerprint density at radius 1 is 1.25 bits per heavy atom. The number of hydrogen-bond donors (Lipinski definition) is 2. The number of nitrogens with one attached hydrogen (secondary N) is 1. The van der Waals surface area contributed by atoms with Crippen LogP contribution in [0.15, 0.2) is 30.6 Å². The van der Waals surface area contributed by atoms with Gasteiger partial charge in [-0.3, -0.25) is 0 Å².